The van der Waals surface area contributed by atoms with Crippen LogP contribution in [0.5, 0.6) is 0 Å². The van der Waals surface area contributed by atoms with Crippen molar-refractivity contribution in [2.75, 3.05) is 51.3 Å². The number of fused-ring (bicyclic) bond motifs is 1. The van der Waals surface area contributed by atoms with Gasteiger partial charge in [-0.3, -0.25) is 14.5 Å². The number of ether oxygens (including phenoxy) is 1. The van der Waals surface area contributed by atoms with Gasteiger partial charge in [-0.1, -0.05) is 25.0 Å². The number of hydrogen-bond acceptors (Lipinski definition) is 5. The van der Waals surface area contributed by atoms with Crippen LogP contribution in [-0.2, 0) is 20.7 Å². The molecule has 2 fully saturated rings. The molecule has 3 aliphatic rings. The van der Waals surface area contributed by atoms with E-state index in [1.165, 1.54) is 16.8 Å². The summed E-state index contributed by atoms with van der Waals surface area (Å²) >= 11 is 0. The quantitative estimate of drug-likeness (QED) is 0.717. The summed E-state index contributed by atoms with van der Waals surface area (Å²) in [5, 5.41) is 5.77. The number of benzene rings is 1. The molecule has 2 N–H and O–H groups in total. The zero-order valence-electron chi connectivity index (χ0n) is 18.0. The van der Waals surface area contributed by atoms with Crippen LogP contribution in [0.25, 0.3) is 0 Å². The third kappa shape index (κ3) is 4.95. The molecule has 1 saturated carbocycles. The maximum Gasteiger partial charge on any atom is 0.309 e. The fourth-order valence-corrected chi connectivity index (χ4v) is 4.95. The lowest BCUT2D eigenvalue weighted by Gasteiger charge is -2.36. The average Bonchev–Trinajstić information content (AvgIpc) is 3.27. The monoisotopic (exact) mass is 414 g/mol. The van der Waals surface area contributed by atoms with Gasteiger partial charge < -0.3 is 20.3 Å². The van der Waals surface area contributed by atoms with Crippen molar-refractivity contribution in [2.45, 2.75) is 50.6 Å². The summed E-state index contributed by atoms with van der Waals surface area (Å²) in [6, 6.07) is 6.85. The van der Waals surface area contributed by atoms with Gasteiger partial charge in [0.15, 0.2) is 0 Å². The van der Waals surface area contributed by atoms with E-state index in [4.69, 9.17) is 4.74 Å². The zero-order valence-corrected chi connectivity index (χ0v) is 18.0. The second-order valence-electron chi connectivity index (χ2n) is 8.74. The zero-order chi connectivity index (χ0) is 20.9. The third-order valence-electron chi connectivity index (χ3n) is 6.68. The molecule has 7 heteroatoms. The minimum Gasteiger partial charge on any atom is -0.379 e. The summed E-state index contributed by atoms with van der Waals surface area (Å²) in [5.41, 5.74) is 3.86. The van der Waals surface area contributed by atoms with Gasteiger partial charge in [-0.25, -0.2) is 0 Å². The smallest absolute Gasteiger partial charge is 0.309 e. The Bertz CT molecular complexity index is 757. The molecule has 0 unspecified atom stereocenters. The molecule has 2 amide bonds. The number of hydrogen-bond donors (Lipinski definition) is 2. The molecule has 0 aromatic heterocycles. The Hall–Kier alpha value is -2.12. The largest absolute Gasteiger partial charge is 0.379 e. The molecule has 1 aromatic carbocycles. The number of amides is 2. The SMILES string of the molecule is CN1CCCc2cc([C@@H](CNC(=O)C(=O)NC3CCCC3)N3CCOCC3)ccc21. The lowest BCUT2D eigenvalue weighted by atomic mass is 9.95. The van der Waals surface area contributed by atoms with E-state index < -0.39 is 11.8 Å². The topological polar surface area (TPSA) is 73.9 Å². The van der Waals surface area contributed by atoms with E-state index in [2.05, 4.69) is 45.7 Å². The van der Waals surface area contributed by atoms with Crippen molar-refractivity contribution < 1.29 is 14.3 Å². The molecule has 1 atom stereocenters. The summed E-state index contributed by atoms with van der Waals surface area (Å²) in [6.07, 6.45) is 6.43. The Balaban J connectivity index is 1.45. The maximum absolute atomic E-state index is 12.5. The lowest BCUT2D eigenvalue weighted by Crippen LogP contribution is -2.48. The number of nitrogens with one attached hydrogen (secondary N) is 2. The van der Waals surface area contributed by atoms with Crippen molar-refractivity contribution in [3.63, 3.8) is 0 Å². The van der Waals surface area contributed by atoms with Crippen LogP contribution < -0.4 is 15.5 Å². The fraction of sp³-hybridized carbons (Fsp3) is 0.652. The number of aryl methyl sites for hydroxylation is 1. The molecule has 2 aliphatic heterocycles. The van der Waals surface area contributed by atoms with Gasteiger partial charge in [-0.15, -0.1) is 0 Å². The van der Waals surface area contributed by atoms with Crippen molar-refractivity contribution in [2.24, 2.45) is 0 Å². The second kappa shape index (κ2) is 9.79. The van der Waals surface area contributed by atoms with Crippen LogP contribution in [0.3, 0.4) is 0 Å². The Labute approximate surface area is 179 Å². The van der Waals surface area contributed by atoms with Crippen LogP contribution in [0, 0.1) is 0 Å². The van der Waals surface area contributed by atoms with Crippen molar-refractivity contribution in [1.29, 1.82) is 0 Å². The van der Waals surface area contributed by atoms with E-state index in [-0.39, 0.29) is 12.1 Å². The minimum absolute atomic E-state index is 0.0367. The second-order valence-corrected chi connectivity index (χ2v) is 8.74. The number of morpholine rings is 1. The first kappa shape index (κ1) is 21.1. The van der Waals surface area contributed by atoms with Gasteiger partial charge >= 0.3 is 11.8 Å². The lowest BCUT2D eigenvalue weighted by molar-refractivity contribution is -0.139. The van der Waals surface area contributed by atoms with Crippen LogP contribution in [0.4, 0.5) is 5.69 Å². The molecule has 164 valence electrons. The van der Waals surface area contributed by atoms with Crippen LogP contribution in [0.1, 0.15) is 49.3 Å². The first-order chi connectivity index (χ1) is 14.6. The van der Waals surface area contributed by atoms with E-state index >= 15 is 0 Å². The van der Waals surface area contributed by atoms with Gasteiger partial charge in [0, 0.05) is 45.0 Å². The van der Waals surface area contributed by atoms with E-state index in [1.54, 1.807) is 0 Å². The van der Waals surface area contributed by atoms with Gasteiger partial charge in [0.1, 0.15) is 0 Å². The normalized spacial score (nSPS) is 21.2. The molecule has 1 saturated heterocycles. The van der Waals surface area contributed by atoms with E-state index in [1.807, 2.05) is 0 Å². The molecule has 1 aliphatic carbocycles. The van der Waals surface area contributed by atoms with Gasteiger partial charge in [-0.05, 0) is 42.9 Å². The number of carbonyl (C=O) groups excluding carboxylic acids is 2. The number of nitrogens with zero attached hydrogens (tertiary/aromatic N) is 2. The third-order valence-corrected chi connectivity index (χ3v) is 6.68. The Morgan fingerprint density at radius 2 is 1.87 bits per heavy atom. The summed E-state index contributed by atoms with van der Waals surface area (Å²) in [7, 11) is 2.14. The van der Waals surface area contributed by atoms with Crippen molar-refractivity contribution >= 4 is 17.5 Å². The summed E-state index contributed by atoms with van der Waals surface area (Å²) in [6.45, 7) is 4.55. The fourth-order valence-electron chi connectivity index (χ4n) is 4.95. The first-order valence-electron chi connectivity index (χ1n) is 11.4. The van der Waals surface area contributed by atoms with Crippen molar-refractivity contribution in [3.05, 3.63) is 29.3 Å². The highest BCUT2D eigenvalue weighted by Crippen LogP contribution is 2.31. The highest BCUT2D eigenvalue weighted by molar-refractivity contribution is 6.35. The minimum atomic E-state index is -0.530. The molecular weight excluding hydrogens is 380 g/mol. The van der Waals surface area contributed by atoms with Gasteiger partial charge in [0.05, 0.1) is 19.3 Å². The highest BCUT2D eigenvalue weighted by atomic mass is 16.5. The van der Waals surface area contributed by atoms with Gasteiger partial charge in [0.25, 0.3) is 0 Å². The predicted molar refractivity (Wildman–Crippen MR) is 117 cm³/mol. The number of carbonyl (C=O) groups is 2. The van der Waals surface area contributed by atoms with E-state index in [9.17, 15) is 9.59 Å². The summed E-state index contributed by atoms with van der Waals surface area (Å²) < 4.78 is 5.53. The van der Waals surface area contributed by atoms with Gasteiger partial charge in [-0.2, -0.15) is 0 Å². The standard InChI is InChI=1S/C23H34N4O3/c1-26-10-4-5-17-15-18(8-9-20(17)26)21(27-11-13-30-14-12-27)16-24-22(28)23(29)25-19-6-2-3-7-19/h8-9,15,19,21H,2-7,10-14,16H2,1H3,(H,24,28)(H,25,29)/t21-/m1/s1. The van der Waals surface area contributed by atoms with Crippen LogP contribution >= 0.6 is 0 Å². The number of rotatable bonds is 5. The van der Waals surface area contributed by atoms with Crippen LogP contribution in [0.15, 0.2) is 18.2 Å². The highest BCUT2D eigenvalue weighted by Gasteiger charge is 2.27. The number of anilines is 1. The van der Waals surface area contributed by atoms with Crippen LogP contribution in [-0.4, -0.2) is 69.2 Å². The molecule has 0 spiro atoms. The van der Waals surface area contributed by atoms with Crippen molar-refractivity contribution in [3.8, 4) is 0 Å². The van der Waals surface area contributed by atoms with E-state index in [0.717, 1.165) is 58.2 Å². The predicted octanol–water partition coefficient (Wildman–Crippen LogP) is 1.62. The maximum atomic E-state index is 12.5. The molecule has 4 rings (SSSR count). The molecular formula is C23H34N4O3. The van der Waals surface area contributed by atoms with Gasteiger partial charge in [0.2, 0.25) is 0 Å². The Morgan fingerprint density at radius 3 is 2.63 bits per heavy atom. The Morgan fingerprint density at radius 1 is 1.10 bits per heavy atom. The average molecular weight is 415 g/mol. The Kier molecular flexibility index (Phi) is 6.89. The first-order valence-corrected chi connectivity index (χ1v) is 11.4. The molecule has 0 bridgehead atoms. The molecule has 0 radical (unpaired) electrons. The van der Waals surface area contributed by atoms with Crippen molar-refractivity contribution in [1.82, 2.24) is 15.5 Å². The molecule has 2 heterocycles. The molecule has 7 nitrogen and oxygen atoms in total. The van der Waals surface area contributed by atoms with Crippen LogP contribution in [0.2, 0.25) is 0 Å². The molecule has 30 heavy (non-hydrogen) atoms. The summed E-state index contributed by atoms with van der Waals surface area (Å²) in [5.74, 6) is -1.03. The molecule has 1 aromatic rings. The summed E-state index contributed by atoms with van der Waals surface area (Å²) in [4.78, 5) is 29.4. The van der Waals surface area contributed by atoms with E-state index in [0.29, 0.717) is 19.8 Å².